The number of rotatable bonds is 5. The molecule has 212 valence electrons. The van der Waals surface area contributed by atoms with Crippen molar-refractivity contribution in [3.8, 4) is 0 Å². The Morgan fingerprint density at radius 3 is 2.51 bits per heavy atom. The van der Waals surface area contributed by atoms with Crippen LogP contribution in [0.15, 0.2) is 36.0 Å². The van der Waals surface area contributed by atoms with Crippen molar-refractivity contribution in [2.45, 2.75) is 121 Å². The monoisotopic (exact) mass is 552 g/mol. The van der Waals surface area contributed by atoms with E-state index in [-0.39, 0.29) is 29.9 Å². The van der Waals surface area contributed by atoms with E-state index in [9.17, 15) is 14.7 Å². The first-order chi connectivity index (χ1) is 18.4. The summed E-state index contributed by atoms with van der Waals surface area (Å²) in [5, 5.41) is 12.9. The molecule has 0 radical (unpaired) electrons. The van der Waals surface area contributed by atoms with Crippen LogP contribution in [0.1, 0.15) is 79.2 Å². The molecule has 1 saturated carbocycles. The van der Waals surface area contributed by atoms with E-state index in [1.165, 1.54) is 0 Å². The number of carbonyl (C=O) groups is 2. The summed E-state index contributed by atoms with van der Waals surface area (Å²) in [5.74, 6) is 0.0232. The lowest BCUT2D eigenvalue weighted by molar-refractivity contribution is -0.233. The van der Waals surface area contributed by atoms with Gasteiger partial charge in [0.05, 0.1) is 35.3 Å². The van der Waals surface area contributed by atoms with Crippen molar-refractivity contribution in [2.24, 2.45) is 5.41 Å². The molecule has 0 aromatic heterocycles. The third kappa shape index (κ3) is 3.40. The normalized spacial score (nSPS) is 34.8. The van der Waals surface area contributed by atoms with E-state index in [1.54, 1.807) is 4.90 Å². The number of nitrogens with zero attached hydrogens (tertiary/aromatic N) is 2. The second kappa shape index (κ2) is 8.67. The third-order valence-corrected chi connectivity index (χ3v) is 15.4. The molecule has 3 aliphatic heterocycles. The molecule has 4 bridgehead atoms. The standard InChI is InChI=1S/C31H44N2O5Si/c1-7-39(8-2,9-3)38-24-19-30(36)20-25(34)32-18-12-16-29(24)17-15-23-31(30,26(29)32)21-13-10-11-14-22(21)33(23)27(35)37-28(4,5)6/h10-11,13-15,24,26,36H,7-9,12,16-20H2,1-6H3/t24?,26-,29?,30?,31+/m0/s1. The molecule has 3 heterocycles. The van der Waals surface area contributed by atoms with Gasteiger partial charge in [-0.05, 0) is 69.8 Å². The van der Waals surface area contributed by atoms with Crippen molar-refractivity contribution < 1.29 is 23.9 Å². The van der Waals surface area contributed by atoms with E-state index in [0.717, 1.165) is 47.9 Å². The van der Waals surface area contributed by atoms with Gasteiger partial charge in [0, 0.05) is 24.1 Å². The van der Waals surface area contributed by atoms with Gasteiger partial charge in [0.15, 0.2) is 8.32 Å². The number of allylic oxidation sites excluding steroid dienone is 1. The quantitative estimate of drug-likeness (QED) is 0.462. The number of anilines is 1. The molecule has 2 amide bonds. The zero-order valence-electron chi connectivity index (χ0n) is 24.4. The average Bonchev–Trinajstić information content (AvgIpc) is 3.20. The molecule has 1 aromatic rings. The maximum absolute atomic E-state index is 13.8. The van der Waals surface area contributed by atoms with Crippen molar-refractivity contribution in [2.75, 3.05) is 11.4 Å². The van der Waals surface area contributed by atoms with Gasteiger partial charge in [-0.3, -0.25) is 4.79 Å². The summed E-state index contributed by atoms with van der Waals surface area (Å²) >= 11 is 0. The minimum absolute atomic E-state index is 0.0232. The maximum Gasteiger partial charge on any atom is 0.419 e. The number of amides is 2. The van der Waals surface area contributed by atoms with E-state index >= 15 is 0 Å². The molecule has 39 heavy (non-hydrogen) atoms. The number of fused-ring (bicyclic) bond motifs is 1. The molecule has 5 atom stereocenters. The van der Waals surface area contributed by atoms with Gasteiger partial charge in [0.1, 0.15) is 5.60 Å². The molecule has 3 unspecified atom stereocenters. The highest BCUT2D eigenvalue weighted by Gasteiger charge is 2.79. The molecule has 5 aliphatic rings. The van der Waals surface area contributed by atoms with E-state index in [1.807, 2.05) is 39.0 Å². The topological polar surface area (TPSA) is 79.3 Å². The van der Waals surface area contributed by atoms with Gasteiger partial charge in [-0.15, -0.1) is 0 Å². The Morgan fingerprint density at radius 2 is 1.85 bits per heavy atom. The van der Waals surface area contributed by atoms with Crippen molar-refractivity contribution in [3.05, 3.63) is 41.6 Å². The van der Waals surface area contributed by atoms with Gasteiger partial charge in [-0.2, -0.15) is 0 Å². The molecule has 3 fully saturated rings. The number of hydrogen-bond donors (Lipinski definition) is 1. The lowest BCUT2D eigenvalue weighted by Crippen LogP contribution is -2.82. The van der Waals surface area contributed by atoms with Crippen molar-refractivity contribution in [3.63, 3.8) is 0 Å². The summed E-state index contributed by atoms with van der Waals surface area (Å²) in [4.78, 5) is 31.3. The van der Waals surface area contributed by atoms with Crippen LogP contribution < -0.4 is 4.90 Å². The highest BCUT2D eigenvalue weighted by Crippen LogP contribution is 2.72. The van der Waals surface area contributed by atoms with Crippen LogP contribution >= 0.6 is 0 Å². The third-order valence-electron chi connectivity index (χ3n) is 10.8. The summed E-state index contributed by atoms with van der Waals surface area (Å²) in [7, 11) is -2.01. The summed E-state index contributed by atoms with van der Waals surface area (Å²) in [6.07, 6.45) is 4.66. The predicted molar refractivity (Wildman–Crippen MR) is 153 cm³/mol. The summed E-state index contributed by atoms with van der Waals surface area (Å²) in [6, 6.07) is 10.8. The van der Waals surface area contributed by atoms with E-state index in [2.05, 4.69) is 37.8 Å². The number of ether oxygens (including phenoxy) is 1. The largest absolute Gasteiger partial charge is 0.443 e. The van der Waals surface area contributed by atoms with Crippen LogP contribution in [-0.2, 0) is 19.4 Å². The predicted octanol–water partition coefficient (Wildman–Crippen LogP) is 5.87. The SMILES string of the molecule is CC[Si](CC)(CC)OC1CC2(O)CC(=O)N3CCCC14CC=C1N(C(=O)OC(C)(C)C)c5ccccc5[C@]12[C@@H]34. The van der Waals surface area contributed by atoms with E-state index < -0.39 is 31.0 Å². The average molecular weight is 553 g/mol. The zero-order valence-corrected chi connectivity index (χ0v) is 25.4. The highest BCUT2D eigenvalue weighted by molar-refractivity contribution is 6.73. The van der Waals surface area contributed by atoms with Crippen molar-refractivity contribution in [1.29, 1.82) is 0 Å². The van der Waals surface area contributed by atoms with Crippen LogP contribution in [0.2, 0.25) is 18.1 Å². The van der Waals surface area contributed by atoms with Crippen molar-refractivity contribution in [1.82, 2.24) is 4.90 Å². The molecular weight excluding hydrogens is 508 g/mol. The molecular formula is C31H44N2O5Si. The zero-order chi connectivity index (χ0) is 28.0. The Morgan fingerprint density at radius 1 is 1.15 bits per heavy atom. The molecule has 8 heteroatoms. The molecule has 1 N–H and O–H groups in total. The lowest BCUT2D eigenvalue weighted by atomic mass is 9.41. The highest BCUT2D eigenvalue weighted by atomic mass is 28.4. The number of para-hydroxylation sites is 1. The maximum atomic E-state index is 13.8. The molecule has 1 aromatic carbocycles. The minimum atomic E-state index is -2.01. The molecule has 7 nitrogen and oxygen atoms in total. The smallest absolute Gasteiger partial charge is 0.419 e. The van der Waals surface area contributed by atoms with Gasteiger partial charge in [-0.1, -0.05) is 45.0 Å². The van der Waals surface area contributed by atoms with Gasteiger partial charge < -0.3 is 19.2 Å². The van der Waals surface area contributed by atoms with Gasteiger partial charge >= 0.3 is 6.09 Å². The molecule has 2 saturated heterocycles. The van der Waals surface area contributed by atoms with Crippen LogP contribution in [-0.4, -0.2) is 60.2 Å². The minimum Gasteiger partial charge on any atom is -0.443 e. The Bertz CT molecular complexity index is 1230. The van der Waals surface area contributed by atoms with E-state index in [4.69, 9.17) is 9.16 Å². The Labute approximate surface area is 233 Å². The number of aliphatic hydroxyl groups is 1. The first-order valence-electron chi connectivity index (χ1n) is 14.9. The second-order valence-corrected chi connectivity index (χ2v) is 18.2. The van der Waals surface area contributed by atoms with Crippen LogP contribution in [0.5, 0.6) is 0 Å². The fourth-order valence-electron chi connectivity index (χ4n) is 8.99. The van der Waals surface area contributed by atoms with E-state index in [0.29, 0.717) is 19.4 Å². The van der Waals surface area contributed by atoms with Crippen LogP contribution in [0.4, 0.5) is 10.5 Å². The number of carbonyl (C=O) groups excluding carboxylic acids is 2. The van der Waals surface area contributed by atoms with Crippen LogP contribution in [0.3, 0.4) is 0 Å². The van der Waals surface area contributed by atoms with Crippen LogP contribution in [0.25, 0.3) is 0 Å². The molecule has 1 spiro atoms. The number of piperidine rings is 2. The van der Waals surface area contributed by atoms with Gasteiger partial charge in [-0.25, -0.2) is 9.69 Å². The number of hydrogen-bond acceptors (Lipinski definition) is 5. The Kier molecular flexibility index (Phi) is 6.01. The summed E-state index contributed by atoms with van der Waals surface area (Å²) < 4.78 is 13.2. The molecule has 6 rings (SSSR count). The fourth-order valence-corrected chi connectivity index (χ4v) is 11.9. The Hall–Kier alpha value is -2.16. The summed E-state index contributed by atoms with van der Waals surface area (Å²) in [6.45, 7) is 13.0. The van der Waals surface area contributed by atoms with Gasteiger partial charge in [0.2, 0.25) is 5.91 Å². The first kappa shape index (κ1) is 27.0. The number of benzene rings is 1. The summed E-state index contributed by atoms with van der Waals surface area (Å²) in [5.41, 5.74) is -0.774. The van der Waals surface area contributed by atoms with Gasteiger partial charge in [0.25, 0.3) is 0 Å². The van der Waals surface area contributed by atoms with Crippen LogP contribution in [0, 0.1) is 5.41 Å². The first-order valence-corrected chi connectivity index (χ1v) is 17.5. The lowest BCUT2D eigenvalue weighted by Gasteiger charge is -2.72. The van der Waals surface area contributed by atoms with Crippen molar-refractivity contribution >= 4 is 26.0 Å². The fraction of sp³-hybridized carbons (Fsp3) is 0.677. The molecule has 2 aliphatic carbocycles. The second-order valence-electron chi connectivity index (χ2n) is 13.5. The Balaban J connectivity index is 1.59.